The summed E-state index contributed by atoms with van der Waals surface area (Å²) in [5.41, 5.74) is 3.61. The van der Waals surface area contributed by atoms with Gasteiger partial charge < -0.3 is 15.6 Å². The molecule has 0 radical (unpaired) electrons. The van der Waals surface area contributed by atoms with E-state index in [0.29, 0.717) is 5.82 Å². The van der Waals surface area contributed by atoms with E-state index in [4.69, 9.17) is 5.84 Å². The van der Waals surface area contributed by atoms with Crippen molar-refractivity contribution in [1.29, 1.82) is 0 Å². The van der Waals surface area contributed by atoms with Gasteiger partial charge in [-0.1, -0.05) is 6.92 Å². The maximum Gasteiger partial charge on any atom is 0.148 e. The van der Waals surface area contributed by atoms with E-state index in [1.54, 1.807) is 0 Å². The molecule has 0 aromatic carbocycles. The Morgan fingerprint density at radius 1 is 1.21 bits per heavy atom. The molecular weight excluding hydrogens is 240 g/mol. The highest BCUT2D eigenvalue weighted by molar-refractivity contribution is 5.56. The van der Waals surface area contributed by atoms with Crippen molar-refractivity contribution in [3.8, 4) is 0 Å². The number of rotatable bonds is 6. The summed E-state index contributed by atoms with van der Waals surface area (Å²) in [6.07, 6.45) is 3.46. The number of nitrogens with two attached hydrogens (primary N) is 1. The van der Waals surface area contributed by atoms with Gasteiger partial charge in [-0.2, -0.15) is 0 Å². The van der Waals surface area contributed by atoms with E-state index in [2.05, 4.69) is 25.6 Å². The number of aromatic nitrogens is 2. The predicted octanol–water partition coefficient (Wildman–Crippen LogP) is 1.14. The molecular formula is C13H24N6. The molecule has 1 aliphatic heterocycles. The molecule has 6 nitrogen and oxygen atoms in total. The van der Waals surface area contributed by atoms with E-state index in [1.165, 1.54) is 25.9 Å². The smallest absolute Gasteiger partial charge is 0.148 e. The highest BCUT2D eigenvalue weighted by Crippen LogP contribution is 2.19. The van der Waals surface area contributed by atoms with Crippen LogP contribution < -0.4 is 16.6 Å². The highest BCUT2D eigenvalue weighted by atomic mass is 15.3. The third kappa shape index (κ3) is 3.54. The standard InChI is InChI=1S/C13H24N6/c1-3-11-16-12(10(2)13(17-11)18-14)15-6-9-19-7-4-5-8-19/h3-9,14H2,1-2H3,(H2,15,16,17,18). The van der Waals surface area contributed by atoms with Crippen molar-refractivity contribution in [2.45, 2.75) is 33.1 Å². The van der Waals surface area contributed by atoms with Gasteiger partial charge in [0.1, 0.15) is 17.5 Å². The lowest BCUT2D eigenvalue weighted by Crippen LogP contribution is -2.26. The van der Waals surface area contributed by atoms with Gasteiger partial charge in [-0.25, -0.2) is 15.8 Å². The van der Waals surface area contributed by atoms with Crippen LogP contribution in [0.2, 0.25) is 0 Å². The van der Waals surface area contributed by atoms with Gasteiger partial charge in [0.2, 0.25) is 0 Å². The zero-order valence-electron chi connectivity index (χ0n) is 11.9. The lowest BCUT2D eigenvalue weighted by Gasteiger charge is -2.17. The van der Waals surface area contributed by atoms with Crippen LogP contribution in [0, 0.1) is 6.92 Å². The summed E-state index contributed by atoms with van der Waals surface area (Å²) in [6, 6.07) is 0. The number of hydrogen-bond acceptors (Lipinski definition) is 6. The van der Waals surface area contributed by atoms with Gasteiger partial charge in [0.05, 0.1) is 0 Å². The fourth-order valence-corrected chi connectivity index (χ4v) is 2.37. The van der Waals surface area contributed by atoms with Crippen molar-refractivity contribution in [1.82, 2.24) is 14.9 Å². The van der Waals surface area contributed by atoms with Crippen LogP contribution in [-0.4, -0.2) is 41.0 Å². The first kappa shape index (κ1) is 14.0. The van der Waals surface area contributed by atoms with Crippen molar-refractivity contribution < 1.29 is 0 Å². The van der Waals surface area contributed by atoms with Crippen LogP contribution in [0.4, 0.5) is 11.6 Å². The number of anilines is 2. The second-order valence-corrected chi connectivity index (χ2v) is 4.94. The number of hydrogen-bond donors (Lipinski definition) is 3. The molecule has 0 aliphatic carbocycles. The Balaban J connectivity index is 1.97. The van der Waals surface area contributed by atoms with Gasteiger partial charge in [0, 0.05) is 25.1 Å². The van der Waals surface area contributed by atoms with Crippen LogP contribution in [0.3, 0.4) is 0 Å². The third-order valence-electron chi connectivity index (χ3n) is 3.56. The van der Waals surface area contributed by atoms with Crippen molar-refractivity contribution in [2.24, 2.45) is 5.84 Å². The second-order valence-electron chi connectivity index (χ2n) is 4.94. The number of nitrogen functional groups attached to an aromatic ring is 1. The molecule has 106 valence electrons. The molecule has 0 saturated carbocycles. The molecule has 0 unspecified atom stereocenters. The predicted molar refractivity (Wildman–Crippen MR) is 78.1 cm³/mol. The minimum absolute atomic E-state index is 0.704. The van der Waals surface area contributed by atoms with Crippen molar-refractivity contribution in [3.05, 3.63) is 11.4 Å². The van der Waals surface area contributed by atoms with E-state index in [9.17, 15) is 0 Å². The number of hydrazine groups is 1. The number of aryl methyl sites for hydroxylation is 1. The molecule has 2 heterocycles. The van der Waals surface area contributed by atoms with Crippen LogP contribution in [0.25, 0.3) is 0 Å². The Hall–Kier alpha value is -1.40. The van der Waals surface area contributed by atoms with Crippen LogP contribution >= 0.6 is 0 Å². The van der Waals surface area contributed by atoms with E-state index >= 15 is 0 Å². The third-order valence-corrected chi connectivity index (χ3v) is 3.56. The lowest BCUT2D eigenvalue weighted by molar-refractivity contribution is 0.352. The van der Waals surface area contributed by atoms with Crippen LogP contribution in [0.15, 0.2) is 0 Å². The second kappa shape index (κ2) is 6.68. The Bertz CT molecular complexity index is 414. The van der Waals surface area contributed by atoms with Crippen molar-refractivity contribution in [3.63, 3.8) is 0 Å². The zero-order valence-corrected chi connectivity index (χ0v) is 11.9. The minimum Gasteiger partial charge on any atom is -0.368 e. The van der Waals surface area contributed by atoms with Crippen molar-refractivity contribution in [2.75, 3.05) is 36.9 Å². The molecule has 1 saturated heterocycles. The summed E-state index contributed by atoms with van der Waals surface area (Å²) in [7, 11) is 0. The van der Waals surface area contributed by atoms with E-state index in [0.717, 1.165) is 36.7 Å². The molecule has 2 rings (SSSR count). The average molecular weight is 264 g/mol. The molecule has 1 aliphatic rings. The summed E-state index contributed by atoms with van der Waals surface area (Å²) >= 11 is 0. The monoisotopic (exact) mass is 264 g/mol. The quantitative estimate of drug-likeness (QED) is 0.528. The number of likely N-dealkylation sites (tertiary alicyclic amines) is 1. The molecule has 1 aromatic rings. The van der Waals surface area contributed by atoms with Gasteiger partial charge in [0.25, 0.3) is 0 Å². The summed E-state index contributed by atoms with van der Waals surface area (Å²) in [5, 5.41) is 3.40. The fraction of sp³-hybridized carbons (Fsp3) is 0.692. The molecule has 0 atom stereocenters. The summed E-state index contributed by atoms with van der Waals surface area (Å²) < 4.78 is 0. The fourth-order valence-electron chi connectivity index (χ4n) is 2.37. The normalized spacial score (nSPS) is 15.7. The maximum absolute atomic E-state index is 5.50. The molecule has 6 heteroatoms. The van der Waals surface area contributed by atoms with E-state index in [-0.39, 0.29) is 0 Å². The topological polar surface area (TPSA) is 79.1 Å². The first-order valence-electron chi connectivity index (χ1n) is 7.05. The first-order chi connectivity index (χ1) is 9.24. The van der Waals surface area contributed by atoms with Crippen LogP contribution in [0.5, 0.6) is 0 Å². The van der Waals surface area contributed by atoms with Gasteiger partial charge in [-0.05, 0) is 32.9 Å². The van der Waals surface area contributed by atoms with E-state index in [1.807, 2.05) is 13.8 Å². The van der Waals surface area contributed by atoms with Crippen LogP contribution in [0.1, 0.15) is 31.2 Å². The van der Waals surface area contributed by atoms with Gasteiger partial charge >= 0.3 is 0 Å². The van der Waals surface area contributed by atoms with Crippen LogP contribution in [-0.2, 0) is 6.42 Å². The Morgan fingerprint density at radius 3 is 2.53 bits per heavy atom. The van der Waals surface area contributed by atoms with Gasteiger partial charge in [0.15, 0.2) is 0 Å². The molecule has 0 amide bonds. The van der Waals surface area contributed by atoms with Gasteiger partial charge in [-0.15, -0.1) is 0 Å². The van der Waals surface area contributed by atoms with Gasteiger partial charge in [-0.3, -0.25) is 0 Å². The Labute approximate surface area is 114 Å². The molecule has 0 bridgehead atoms. The van der Waals surface area contributed by atoms with Crippen molar-refractivity contribution >= 4 is 11.6 Å². The summed E-state index contributed by atoms with van der Waals surface area (Å²) in [5.74, 6) is 7.89. The average Bonchev–Trinajstić information content (AvgIpc) is 2.94. The molecule has 1 fully saturated rings. The summed E-state index contributed by atoms with van der Waals surface area (Å²) in [6.45, 7) is 8.44. The summed E-state index contributed by atoms with van der Waals surface area (Å²) in [4.78, 5) is 11.4. The SMILES string of the molecule is CCc1nc(NN)c(C)c(NCCN2CCCC2)n1. The molecule has 1 aromatic heterocycles. The molecule has 0 spiro atoms. The minimum atomic E-state index is 0.704. The maximum atomic E-state index is 5.50. The zero-order chi connectivity index (χ0) is 13.7. The Kier molecular flexibility index (Phi) is 4.93. The number of nitrogens with one attached hydrogen (secondary N) is 2. The first-order valence-corrected chi connectivity index (χ1v) is 7.05. The molecule has 4 N–H and O–H groups in total. The Morgan fingerprint density at radius 2 is 1.89 bits per heavy atom. The number of nitrogens with zero attached hydrogens (tertiary/aromatic N) is 3. The largest absolute Gasteiger partial charge is 0.368 e. The highest BCUT2D eigenvalue weighted by Gasteiger charge is 2.12. The van der Waals surface area contributed by atoms with E-state index < -0.39 is 0 Å². The lowest BCUT2D eigenvalue weighted by atomic mass is 10.3. The molecule has 19 heavy (non-hydrogen) atoms.